The number of fused-ring (bicyclic) bond motifs is 1. The Bertz CT molecular complexity index is 1370. The third-order valence-corrected chi connectivity index (χ3v) is 6.05. The van der Waals surface area contributed by atoms with E-state index in [1.807, 2.05) is 24.3 Å². The molecular formula is C23H15ClN2O5S. The highest BCUT2D eigenvalue weighted by atomic mass is 35.5. The van der Waals surface area contributed by atoms with Crippen molar-refractivity contribution in [2.75, 3.05) is 0 Å². The number of hydrogen-bond donors (Lipinski definition) is 3. The van der Waals surface area contributed by atoms with Crippen molar-refractivity contribution in [2.24, 2.45) is 5.10 Å². The molecule has 0 aliphatic rings. The summed E-state index contributed by atoms with van der Waals surface area (Å²) in [4.78, 5) is 25.0. The van der Waals surface area contributed by atoms with Crippen LogP contribution in [0.25, 0.3) is 10.1 Å². The van der Waals surface area contributed by atoms with Gasteiger partial charge < -0.3 is 14.9 Å². The first-order valence-corrected chi connectivity index (χ1v) is 10.5. The van der Waals surface area contributed by atoms with E-state index in [9.17, 15) is 19.8 Å². The van der Waals surface area contributed by atoms with Crippen LogP contribution in [0.15, 0.2) is 71.8 Å². The molecule has 7 nitrogen and oxygen atoms in total. The standard InChI is InChI=1S/C23H15ClN2O5S/c24-20-17-6-1-2-7-19(17)32-21(20)23(30)31-15-5-3-4-13(10-15)12-25-26-22(29)16-9-8-14(27)11-18(16)28/h1-12,27-28H,(H,26,29)/b25-12-. The number of phenolic OH excluding ortho intramolecular Hbond substituents is 2. The van der Waals surface area contributed by atoms with Crippen molar-refractivity contribution < 1.29 is 24.5 Å². The van der Waals surface area contributed by atoms with Gasteiger partial charge >= 0.3 is 5.97 Å². The van der Waals surface area contributed by atoms with Crippen LogP contribution in [-0.4, -0.2) is 28.3 Å². The molecule has 160 valence electrons. The van der Waals surface area contributed by atoms with Crippen molar-refractivity contribution in [3.8, 4) is 17.2 Å². The molecule has 3 aromatic carbocycles. The average molecular weight is 467 g/mol. The molecule has 0 aliphatic carbocycles. The number of ether oxygens (including phenoxy) is 1. The first-order valence-electron chi connectivity index (χ1n) is 9.27. The number of amides is 1. The molecule has 9 heteroatoms. The van der Waals surface area contributed by atoms with E-state index in [4.69, 9.17) is 16.3 Å². The van der Waals surface area contributed by atoms with Gasteiger partial charge in [-0.1, -0.05) is 41.9 Å². The number of halogens is 1. The first-order chi connectivity index (χ1) is 15.4. The van der Waals surface area contributed by atoms with E-state index in [0.717, 1.165) is 16.2 Å². The van der Waals surface area contributed by atoms with Crippen molar-refractivity contribution in [3.63, 3.8) is 0 Å². The van der Waals surface area contributed by atoms with Gasteiger partial charge in [0.2, 0.25) is 0 Å². The van der Waals surface area contributed by atoms with Gasteiger partial charge in [0, 0.05) is 16.2 Å². The maximum absolute atomic E-state index is 12.6. The number of nitrogens with one attached hydrogen (secondary N) is 1. The van der Waals surface area contributed by atoms with Gasteiger partial charge in [0.15, 0.2) is 0 Å². The summed E-state index contributed by atoms with van der Waals surface area (Å²) in [6, 6.07) is 17.6. The molecule has 0 bridgehead atoms. The molecule has 0 saturated carbocycles. The van der Waals surface area contributed by atoms with E-state index in [0.29, 0.717) is 15.5 Å². The highest BCUT2D eigenvalue weighted by Gasteiger charge is 2.19. The third kappa shape index (κ3) is 4.56. The second kappa shape index (κ2) is 9.09. The van der Waals surface area contributed by atoms with Crippen molar-refractivity contribution in [1.29, 1.82) is 0 Å². The van der Waals surface area contributed by atoms with Gasteiger partial charge in [-0.3, -0.25) is 4.79 Å². The van der Waals surface area contributed by atoms with Gasteiger partial charge in [0.05, 0.1) is 16.8 Å². The molecule has 0 radical (unpaired) electrons. The number of carbonyl (C=O) groups excluding carboxylic acids is 2. The molecule has 4 rings (SSSR count). The molecule has 0 aliphatic heterocycles. The molecule has 32 heavy (non-hydrogen) atoms. The summed E-state index contributed by atoms with van der Waals surface area (Å²) < 4.78 is 6.35. The maximum Gasteiger partial charge on any atom is 0.355 e. The Morgan fingerprint density at radius 2 is 1.84 bits per heavy atom. The lowest BCUT2D eigenvalue weighted by molar-refractivity contribution is 0.0739. The van der Waals surface area contributed by atoms with Crippen LogP contribution in [0.2, 0.25) is 5.02 Å². The number of esters is 1. The smallest absolute Gasteiger partial charge is 0.355 e. The van der Waals surface area contributed by atoms with Gasteiger partial charge in [-0.2, -0.15) is 5.10 Å². The third-order valence-electron chi connectivity index (χ3n) is 4.39. The average Bonchev–Trinajstić information content (AvgIpc) is 3.11. The fourth-order valence-electron chi connectivity index (χ4n) is 2.89. The summed E-state index contributed by atoms with van der Waals surface area (Å²) in [5.41, 5.74) is 2.81. The fraction of sp³-hybridized carbons (Fsp3) is 0. The van der Waals surface area contributed by atoms with E-state index in [2.05, 4.69) is 10.5 Å². The lowest BCUT2D eigenvalue weighted by Gasteiger charge is -2.05. The van der Waals surface area contributed by atoms with Crippen molar-refractivity contribution in [2.45, 2.75) is 0 Å². The van der Waals surface area contributed by atoms with E-state index >= 15 is 0 Å². The van der Waals surface area contributed by atoms with Crippen LogP contribution in [0.1, 0.15) is 25.6 Å². The Morgan fingerprint density at radius 1 is 1.03 bits per heavy atom. The lowest BCUT2D eigenvalue weighted by Crippen LogP contribution is -2.17. The first kappa shape index (κ1) is 21.4. The summed E-state index contributed by atoms with van der Waals surface area (Å²) in [5, 5.41) is 24.0. The summed E-state index contributed by atoms with van der Waals surface area (Å²) in [5.74, 6) is -1.46. The Morgan fingerprint density at radius 3 is 2.62 bits per heavy atom. The van der Waals surface area contributed by atoms with Crippen molar-refractivity contribution >= 4 is 51.1 Å². The number of benzene rings is 3. The minimum atomic E-state index is -0.652. The fourth-order valence-corrected chi connectivity index (χ4v) is 4.28. The van der Waals surface area contributed by atoms with Gasteiger partial charge in [0.1, 0.15) is 22.1 Å². The molecule has 0 unspecified atom stereocenters. The van der Waals surface area contributed by atoms with E-state index in [1.54, 1.807) is 24.3 Å². The van der Waals surface area contributed by atoms with Crippen LogP contribution in [0, 0.1) is 0 Å². The van der Waals surface area contributed by atoms with Gasteiger partial charge in [0.25, 0.3) is 5.91 Å². The minimum Gasteiger partial charge on any atom is -0.508 e. The zero-order chi connectivity index (χ0) is 22.7. The second-order valence-electron chi connectivity index (χ2n) is 6.60. The molecule has 0 saturated heterocycles. The number of aromatic hydroxyl groups is 2. The zero-order valence-corrected chi connectivity index (χ0v) is 17.9. The second-order valence-corrected chi connectivity index (χ2v) is 8.03. The number of nitrogens with zero attached hydrogens (tertiary/aromatic N) is 1. The largest absolute Gasteiger partial charge is 0.508 e. The van der Waals surface area contributed by atoms with E-state index < -0.39 is 11.9 Å². The molecule has 0 spiro atoms. The highest BCUT2D eigenvalue weighted by molar-refractivity contribution is 7.21. The molecule has 1 aromatic heterocycles. The molecule has 1 amide bonds. The van der Waals surface area contributed by atoms with Crippen LogP contribution in [-0.2, 0) is 0 Å². The summed E-state index contributed by atoms with van der Waals surface area (Å²) >= 11 is 7.59. The molecule has 3 N–H and O–H groups in total. The molecule has 0 fully saturated rings. The topological polar surface area (TPSA) is 108 Å². The number of hydrazone groups is 1. The summed E-state index contributed by atoms with van der Waals surface area (Å²) in [6.07, 6.45) is 1.36. The maximum atomic E-state index is 12.6. The SMILES string of the molecule is O=C(N/N=C\c1cccc(OC(=O)c2sc3ccccc3c2Cl)c1)c1ccc(O)cc1O. The van der Waals surface area contributed by atoms with Gasteiger partial charge in [-0.05, 0) is 35.9 Å². The number of hydrogen-bond acceptors (Lipinski definition) is 7. The Balaban J connectivity index is 1.44. The van der Waals surface area contributed by atoms with Crippen LogP contribution in [0.4, 0.5) is 0 Å². The molecule has 1 heterocycles. The van der Waals surface area contributed by atoms with Crippen LogP contribution in [0.5, 0.6) is 17.2 Å². The van der Waals surface area contributed by atoms with Crippen molar-refractivity contribution in [3.05, 3.63) is 87.8 Å². The minimum absolute atomic E-state index is 0.0390. The predicted molar refractivity (Wildman–Crippen MR) is 123 cm³/mol. The number of phenols is 2. The number of carbonyl (C=O) groups is 2. The quantitative estimate of drug-likeness (QED) is 0.167. The Hall–Kier alpha value is -3.88. The zero-order valence-electron chi connectivity index (χ0n) is 16.3. The summed E-state index contributed by atoms with van der Waals surface area (Å²) in [7, 11) is 0. The van der Waals surface area contributed by atoms with E-state index in [-0.39, 0.29) is 22.8 Å². The van der Waals surface area contributed by atoms with E-state index in [1.165, 1.54) is 29.7 Å². The highest BCUT2D eigenvalue weighted by Crippen LogP contribution is 2.35. The predicted octanol–water partition coefficient (Wildman–Crippen LogP) is 4.95. The Labute approximate surface area is 191 Å². The monoisotopic (exact) mass is 466 g/mol. The van der Waals surface area contributed by atoms with Crippen molar-refractivity contribution in [1.82, 2.24) is 5.43 Å². The number of rotatable bonds is 5. The van der Waals surface area contributed by atoms with Crippen LogP contribution >= 0.6 is 22.9 Å². The van der Waals surface area contributed by atoms with Crippen LogP contribution < -0.4 is 10.2 Å². The summed E-state index contributed by atoms with van der Waals surface area (Å²) in [6.45, 7) is 0. The lowest BCUT2D eigenvalue weighted by atomic mass is 10.2. The normalized spacial score (nSPS) is 11.0. The molecule has 0 atom stereocenters. The number of thiophene rings is 1. The molecular weight excluding hydrogens is 452 g/mol. The van der Waals surface area contributed by atoms with Gasteiger partial charge in [-0.15, -0.1) is 11.3 Å². The molecule has 4 aromatic rings. The van der Waals surface area contributed by atoms with Gasteiger partial charge in [-0.25, -0.2) is 10.2 Å². The Kier molecular flexibility index (Phi) is 6.07. The van der Waals surface area contributed by atoms with Crippen LogP contribution in [0.3, 0.4) is 0 Å².